The van der Waals surface area contributed by atoms with E-state index in [0.29, 0.717) is 10.9 Å². The summed E-state index contributed by atoms with van der Waals surface area (Å²) >= 11 is 0. The van der Waals surface area contributed by atoms with Crippen molar-refractivity contribution >= 4 is 10.9 Å². The van der Waals surface area contributed by atoms with Crippen LogP contribution in [0.15, 0.2) is 59.4 Å². The number of fused-ring (bicyclic) bond motifs is 1. The molecule has 0 saturated carbocycles. The minimum absolute atomic E-state index is 0.00774. The highest BCUT2D eigenvalue weighted by Gasteiger charge is 2.06. The Labute approximate surface area is 103 Å². The molecule has 0 aliphatic heterocycles. The van der Waals surface area contributed by atoms with E-state index in [2.05, 4.69) is 4.98 Å². The van der Waals surface area contributed by atoms with Gasteiger partial charge in [0.15, 0.2) is 5.43 Å². The molecule has 3 aromatic rings. The molecule has 3 rings (SSSR count). The second kappa shape index (κ2) is 4.04. The lowest BCUT2D eigenvalue weighted by Gasteiger charge is -2.05. The van der Waals surface area contributed by atoms with Crippen molar-refractivity contribution in [3.8, 4) is 17.0 Å². The molecule has 3 nitrogen and oxygen atoms in total. The number of hydrogen-bond donors (Lipinski definition) is 2. The third kappa shape index (κ3) is 1.66. The molecule has 1 heterocycles. The number of phenols is 1. The first kappa shape index (κ1) is 10.6. The van der Waals surface area contributed by atoms with Gasteiger partial charge in [-0.3, -0.25) is 4.79 Å². The molecule has 1 aromatic heterocycles. The standard InChI is InChI=1S/C15H11NO2/c17-13-8-4-7-11-15(13)14(18)9-12(16-11)10-5-2-1-3-6-10/h1-9,17H,(H,16,18). The SMILES string of the molecule is O=c1cc(-c2ccccc2)[nH]c2cccc(O)c12. The maximum absolute atomic E-state index is 12.0. The zero-order chi connectivity index (χ0) is 12.5. The van der Waals surface area contributed by atoms with E-state index in [1.54, 1.807) is 12.1 Å². The summed E-state index contributed by atoms with van der Waals surface area (Å²) in [5.74, 6) is 0.00774. The van der Waals surface area contributed by atoms with E-state index in [1.165, 1.54) is 12.1 Å². The monoisotopic (exact) mass is 237 g/mol. The van der Waals surface area contributed by atoms with Crippen LogP contribution in [0.4, 0.5) is 0 Å². The van der Waals surface area contributed by atoms with Gasteiger partial charge in [-0.25, -0.2) is 0 Å². The van der Waals surface area contributed by atoms with Gasteiger partial charge in [0, 0.05) is 11.8 Å². The number of H-pyrrole nitrogens is 1. The quantitative estimate of drug-likeness (QED) is 0.683. The van der Waals surface area contributed by atoms with Crippen molar-refractivity contribution in [1.29, 1.82) is 0 Å². The number of nitrogens with one attached hydrogen (secondary N) is 1. The number of aromatic amines is 1. The molecule has 0 fully saturated rings. The zero-order valence-electron chi connectivity index (χ0n) is 9.55. The Hall–Kier alpha value is -2.55. The van der Waals surface area contributed by atoms with Crippen LogP contribution in [-0.4, -0.2) is 10.1 Å². The van der Waals surface area contributed by atoms with Crippen LogP contribution in [-0.2, 0) is 0 Å². The molecule has 3 heteroatoms. The van der Waals surface area contributed by atoms with E-state index < -0.39 is 0 Å². The van der Waals surface area contributed by atoms with Crippen LogP contribution in [0.3, 0.4) is 0 Å². The summed E-state index contributed by atoms with van der Waals surface area (Å²) in [6.45, 7) is 0. The minimum Gasteiger partial charge on any atom is -0.507 e. The van der Waals surface area contributed by atoms with Gasteiger partial charge in [0.1, 0.15) is 5.75 Å². The zero-order valence-corrected chi connectivity index (χ0v) is 9.55. The lowest BCUT2D eigenvalue weighted by Crippen LogP contribution is -2.03. The van der Waals surface area contributed by atoms with E-state index >= 15 is 0 Å². The molecule has 0 aliphatic carbocycles. The van der Waals surface area contributed by atoms with Gasteiger partial charge in [-0.15, -0.1) is 0 Å². The van der Waals surface area contributed by atoms with Gasteiger partial charge in [0.05, 0.1) is 10.9 Å². The van der Waals surface area contributed by atoms with Crippen LogP contribution in [0.5, 0.6) is 5.75 Å². The van der Waals surface area contributed by atoms with E-state index in [9.17, 15) is 9.90 Å². The molecule has 2 aromatic carbocycles. The van der Waals surface area contributed by atoms with Crippen molar-refractivity contribution in [2.75, 3.05) is 0 Å². The first-order valence-corrected chi connectivity index (χ1v) is 5.66. The molecular weight excluding hydrogens is 226 g/mol. The van der Waals surface area contributed by atoms with Gasteiger partial charge in [-0.1, -0.05) is 36.4 Å². The normalized spacial score (nSPS) is 10.7. The fraction of sp³-hybridized carbons (Fsp3) is 0. The Morgan fingerprint density at radius 2 is 1.72 bits per heavy atom. The van der Waals surface area contributed by atoms with Crippen molar-refractivity contribution in [3.05, 3.63) is 64.8 Å². The summed E-state index contributed by atoms with van der Waals surface area (Å²) in [7, 11) is 0. The number of aromatic hydroxyl groups is 1. The van der Waals surface area contributed by atoms with Crippen molar-refractivity contribution in [3.63, 3.8) is 0 Å². The topological polar surface area (TPSA) is 53.1 Å². The highest BCUT2D eigenvalue weighted by Crippen LogP contribution is 2.22. The minimum atomic E-state index is -0.180. The molecule has 0 unspecified atom stereocenters. The molecule has 0 spiro atoms. The molecule has 0 aliphatic rings. The summed E-state index contributed by atoms with van der Waals surface area (Å²) in [6.07, 6.45) is 0. The molecule has 0 atom stereocenters. The summed E-state index contributed by atoms with van der Waals surface area (Å²) in [6, 6.07) is 16.1. The Bertz CT molecular complexity index is 760. The van der Waals surface area contributed by atoms with Crippen molar-refractivity contribution < 1.29 is 5.11 Å². The first-order chi connectivity index (χ1) is 8.75. The van der Waals surface area contributed by atoms with Gasteiger partial charge in [-0.05, 0) is 17.7 Å². The van der Waals surface area contributed by atoms with Gasteiger partial charge >= 0.3 is 0 Å². The number of hydrogen-bond acceptors (Lipinski definition) is 2. The largest absolute Gasteiger partial charge is 0.507 e. The van der Waals surface area contributed by atoms with Crippen LogP contribution >= 0.6 is 0 Å². The fourth-order valence-electron chi connectivity index (χ4n) is 2.06. The van der Waals surface area contributed by atoms with E-state index in [4.69, 9.17) is 0 Å². The van der Waals surface area contributed by atoms with Crippen molar-refractivity contribution in [2.45, 2.75) is 0 Å². The second-order valence-electron chi connectivity index (χ2n) is 4.11. The molecule has 88 valence electrons. The Balaban J connectivity index is 2.33. The summed E-state index contributed by atoms with van der Waals surface area (Å²) in [5.41, 5.74) is 2.15. The number of pyridine rings is 1. The van der Waals surface area contributed by atoms with E-state index in [-0.39, 0.29) is 11.2 Å². The molecule has 2 N–H and O–H groups in total. The van der Waals surface area contributed by atoms with Gasteiger partial charge < -0.3 is 10.1 Å². The van der Waals surface area contributed by atoms with Crippen molar-refractivity contribution in [2.24, 2.45) is 0 Å². The highest BCUT2D eigenvalue weighted by atomic mass is 16.3. The molecule has 0 bridgehead atoms. The highest BCUT2D eigenvalue weighted by molar-refractivity contribution is 5.86. The lowest BCUT2D eigenvalue weighted by molar-refractivity contribution is 0.481. The summed E-state index contributed by atoms with van der Waals surface area (Å²) in [5, 5.41) is 10.0. The average Bonchev–Trinajstić information content (AvgIpc) is 2.39. The predicted octanol–water partition coefficient (Wildman–Crippen LogP) is 2.90. The number of rotatable bonds is 1. The summed E-state index contributed by atoms with van der Waals surface area (Å²) in [4.78, 5) is 15.2. The Morgan fingerprint density at radius 1 is 0.944 bits per heavy atom. The maximum Gasteiger partial charge on any atom is 0.193 e. The Kier molecular flexibility index (Phi) is 2.38. The van der Waals surface area contributed by atoms with Gasteiger partial charge in [0.25, 0.3) is 0 Å². The molecule has 0 amide bonds. The van der Waals surface area contributed by atoms with Gasteiger partial charge in [0.2, 0.25) is 0 Å². The number of benzene rings is 2. The number of aromatic nitrogens is 1. The van der Waals surface area contributed by atoms with Crippen LogP contribution in [0.2, 0.25) is 0 Å². The third-order valence-corrected chi connectivity index (χ3v) is 2.92. The van der Waals surface area contributed by atoms with Gasteiger partial charge in [-0.2, -0.15) is 0 Å². The van der Waals surface area contributed by atoms with Crippen LogP contribution in [0.25, 0.3) is 22.2 Å². The Morgan fingerprint density at radius 3 is 2.50 bits per heavy atom. The number of phenolic OH excluding ortho intramolecular Hbond substituents is 1. The van der Waals surface area contributed by atoms with E-state index in [1.807, 2.05) is 30.3 Å². The summed E-state index contributed by atoms with van der Waals surface area (Å²) < 4.78 is 0. The smallest absolute Gasteiger partial charge is 0.193 e. The predicted molar refractivity (Wildman–Crippen MR) is 71.7 cm³/mol. The molecular formula is C15H11NO2. The molecule has 18 heavy (non-hydrogen) atoms. The van der Waals surface area contributed by atoms with Crippen LogP contribution in [0.1, 0.15) is 0 Å². The van der Waals surface area contributed by atoms with Crippen LogP contribution < -0.4 is 5.43 Å². The second-order valence-corrected chi connectivity index (χ2v) is 4.11. The van der Waals surface area contributed by atoms with Crippen LogP contribution in [0, 0.1) is 0 Å². The molecule has 0 saturated heterocycles. The molecule has 0 radical (unpaired) electrons. The lowest BCUT2D eigenvalue weighted by atomic mass is 10.1. The third-order valence-electron chi connectivity index (χ3n) is 2.92. The van der Waals surface area contributed by atoms with E-state index in [0.717, 1.165) is 11.3 Å². The maximum atomic E-state index is 12.0. The average molecular weight is 237 g/mol. The van der Waals surface area contributed by atoms with Crippen molar-refractivity contribution in [1.82, 2.24) is 4.98 Å². The first-order valence-electron chi connectivity index (χ1n) is 5.66. The fourth-order valence-corrected chi connectivity index (χ4v) is 2.06.